The molecular formula is C15H11BrFNS. The van der Waals surface area contributed by atoms with Crippen molar-refractivity contribution in [2.24, 2.45) is 0 Å². The van der Waals surface area contributed by atoms with Crippen LogP contribution in [0.25, 0.3) is 10.1 Å². The normalized spacial score (nSPS) is 10.8. The fraction of sp³-hybridized carbons (Fsp3) is 0.0667. The molecule has 96 valence electrons. The molecule has 0 radical (unpaired) electrons. The molecule has 0 aliphatic heterocycles. The molecule has 0 amide bonds. The van der Waals surface area contributed by atoms with Gasteiger partial charge >= 0.3 is 0 Å². The molecule has 2 aromatic carbocycles. The zero-order valence-electron chi connectivity index (χ0n) is 9.99. The topological polar surface area (TPSA) is 12.0 Å². The van der Waals surface area contributed by atoms with E-state index in [-0.39, 0.29) is 5.82 Å². The predicted molar refractivity (Wildman–Crippen MR) is 83.3 cm³/mol. The van der Waals surface area contributed by atoms with Gasteiger partial charge in [-0.1, -0.05) is 18.2 Å². The molecule has 0 bridgehead atoms. The molecule has 0 unspecified atom stereocenters. The largest absolute Gasteiger partial charge is 0.380 e. The summed E-state index contributed by atoms with van der Waals surface area (Å²) < 4.78 is 15.4. The molecule has 3 aromatic rings. The highest BCUT2D eigenvalue weighted by Gasteiger charge is 2.05. The lowest BCUT2D eigenvalue weighted by Gasteiger charge is -2.08. The van der Waals surface area contributed by atoms with Crippen molar-refractivity contribution in [1.82, 2.24) is 0 Å². The minimum Gasteiger partial charge on any atom is -0.380 e. The van der Waals surface area contributed by atoms with E-state index in [0.29, 0.717) is 6.54 Å². The summed E-state index contributed by atoms with van der Waals surface area (Å²) in [5.74, 6) is -0.235. The first-order chi connectivity index (χ1) is 9.24. The number of thiophene rings is 1. The summed E-state index contributed by atoms with van der Waals surface area (Å²) in [6, 6.07) is 13.0. The molecule has 4 heteroatoms. The zero-order valence-corrected chi connectivity index (χ0v) is 12.4. The van der Waals surface area contributed by atoms with E-state index in [9.17, 15) is 4.39 Å². The molecule has 1 heterocycles. The van der Waals surface area contributed by atoms with Crippen LogP contribution in [0.1, 0.15) is 5.56 Å². The highest BCUT2D eigenvalue weighted by Crippen LogP contribution is 2.28. The van der Waals surface area contributed by atoms with Crippen molar-refractivity contribution >= 4 is 43.0 Å². The SMILES string of the molecule is Fc1ccc(Br)c(NCc2csc3ccccc23)c1. The first-order valence-electron chi connectivity index (χ1n) is 5.88. The second-order valence-corrected chi connectivity index (χ2v) is 6.00. The molecule has 1 nitrogen and oxygen atoms in total. The maximum atomic E-state index is 13.2. The van der Waals surface area contributed by atoms with Crippen LogP contribution >= 0.6 is 27.3 Å². The van der Waals surface area contributed by atoms with E-state index >= 15 is 0 Å². The minimum atomic E-state index is -0.235. The Labute approximate surface area is 123 Å². The van der Waals surface area contributed by atoms with Gasteiger partial charge in [-0.15, -0.1) is 11.3 Å². The molecule has 0 fully saturated rings. The minimum absolute atomic E-state index is 0.235. The Bertz CT molecular complexity index is 723. The van der Waals surface area contributed by atoms with Crippen molar-refractivity contribution in [3.63, 3.8) is 0 Å². The van der Waals surface area contributed by atoms with E-state index in [1.807, 2.05) is 12.1 Å². The number of hydrogen-bond acceptors (Lipinski definition) is 2. The standard InChI is InChI=1S/C15H11BrFNS/c16-13-6-5-11(17)7-14(13)18-8-10-9-19-15-4-2-1-3-12(10)15/h1-7,9,18H,8H2. The van der Waals surface area contributed by atoms with E-state index in [1.165, 1.54) is 27.8 Å². The van der Waals surface area contributed by atoms with Crippen molar-refractivity contribution in [1.29, 1.82) is 0 Å². The Morgan fingerprint density at radius 3 is 2.89 bits per heavy atom. The molecule has 19 heavy (non-hydrogen) atoms. The average Bonchev–Trinajstić information content (AvgIpc) is 2.83. The number of fused-ring (bicyclic) bond motifs is 1. The zero-order chi connectivity index (χ0) is 13.2. The second-order valence-electron chi connectivity index (χ2n) is 4.23. The quantitative estimate of drug-likeness (QED) is 0.674. The lowest BCUT2D eigenvalue weighted by Crippen LogP contribution is -1.99. The van der Waals surface area contributed by atoms with Crippen LogP contribution in [0.2, 0.25) is 0 Å². The highest BCUT2D eigenvalue weighted by molar-refractivity contribution is 9.10. The van der Waals surface area contributed by atoms with Gasteiger partial charge in [-0.2, -0.15) is 0 Å². The second kappa shape index (κ2) is 5.31. The molecule has 0 saturated heterocycles. The van der Waals surface area contributed by atoms with Gasteiger partial charge in [0.1, 0.15) is 5.82 Å². The number of halogens is 2. The van der Waals surface area contributed by atoms with E-state index in [2.05, 4.69) is 38.8 Å². The van der Waals surface area contributed by atoms with Gasteiger partial charge in [0, 0.05) is 15.7 Å². The van der Waals surface area contributed by atoms with Crippen molar-refractivity contribution < 1.29 is 4.39 Å². The van der Waals surface area contributed by atoms with Crippen LogP contribution in [0.4, 0.5) is 10.1 Å². The summed E-state index contributed by atoms with van der Waals surface area (Å²) in [6.45, 7) is 0.687. The molecule has 0 aliphatic rings. The third kappa shape index (κ3) is 2.65. The Balaban J connectivity index is 1.84. The highest BCUT2D eigenvalue weighted by atomic mass is 79.9. The van der Waals surface area contributed by atoms with Gasteiger partial charge in [-0.25, -0.2) is 4.39 Å². The van der Waals surface area contributed by atoms with Crippen molar-refractivity contribution in [3.8, 4) is 0 Å². The Hall–Kier alpha value is -1.39. The average molecular weight is 336 g/mol. The van der Waals surface area contributed by atoms with Gasteiger partial charge in [0.05, 0.1) is 5.69 Å². The van der Waals surface area contributed by atoms with Gasteiger partial charge < -0.3 is 5.32 Å². The Morgan fingerprint density at radius 2 is 2.00 bits per heavy atom. The number of benzene rings is 2. The third-order valence-electron chi connectivity index (χ3n) is 2.96. The third-order valence-corrected chi connectivity index (χ3v) is 4.66. The molecule has 0 aliphatic carbocycles. The van der Waals surface area contributed by atoms with Crippen LogP contribution in [0.3, 0.4) is 0 Å². The lowest BCUT2D eigenvalue weighted by atomic mass is 10.2. The summed E-state index contributed by atoms with van der Waals surface area (Å²) in [7, 11) is 0. The van der Waals surface area contributed by atoms with Crippen LogP contribution in [-0.2, 0) is 6.54 Å². The van der Waals surface area contributed by atoms with E-state index in [1.54, 1.807) is 17.4 Å². The van der Waals surface area contributed by atoms with E-state index in [0.717, 1.165) is 10.2 Å². The molecule has 0 saturated carbocycles. The monoisotopic (exact) mass is 335 g/mol. The summed E-state index contributed by atoms with van der Waals surface area (Å²) >= 11 is 5.15. The predicted octanol–water partition coefficient (Wildman–Crippen LogP) is 5.42. The number of rotatable bonds is 3. The number of anilines is 1. The Kier molecular flexibility index (Phi) is 3.53. The van der Waals surface area contributed by atoms with Gasteiger partial charge in [0.25, 0.3) is 0 Å². The van der Waals surface area contributed by atoms with Crippen LogP contribution in [0.15, 0.2) is 52.3 Å². The van der Waals surface area contributed by atoms with Crippen molar-refractivity contribution in [2.75, 3.05) is 5.32 Å². The molecule has 3 rings (SSSR count). The van der Waals surface area contributed by atoms with Gasteiger partial charge in [0.2, 0.25) is 0 Å². The van der Waals surface area contributed by atoms with Crippen LogP contribution in [0, 0.1) is 5.82 Å². The van der Waals surface area contributed by atoms with E-state index in [4.69, 9.17) is 0 Å². The summed E-state index contributed by atoms with van der Waals surface area (Å²) in [5, 5.41) is 6.67. The summed E-state index contributed by atoms with van der Waals surface area (Å²) in [6.07, 6.45) is 0. The molecule has 0 atom stereocenters. The van der Waals surface area contributed by atoms with Crippen LogP contribution in [-0.4, -0.2) is 0 Å². The smallest absolute Gasteiger partial charge is 0.125 e. The van der Waals surface area contributed by atoms with Crippen LogP contribution in [0.5, 0.6) is 0 Å². The maximum Gasteiger partial charge on any atom is 0.125 e. The number of nitrogens with one attached hydrogen (secondary N) is 1. The summed E-state index contributed by atoms with van der Waals surface area (Å²) in [4.78, 5) is 0. The molecule has 0 spiro atoms. The first kappa shape index (κ1) is 12.6. The number of hydrogen-bond donors (Lipinski definition) is 1. The fourth-order valence-corrected chi connectivity index (χ4v) is 3.34. The van der Waals surface area contributed by atoms with Crippen molar-refractivity contribution in [3.05, 3.63) is 63.7 Å². The molecular weight excluding hydrogens is 325 g/mol. The van der Waals surface area contributed by atoms with E-state index < -0.39 is 0 Å². The van der Waals surface area contributed by atoms with Gasteiger partial charge in [-0.3, -0.25) is 0 Å². The summed E-state index contributed by atoms with van der Waals surface area (Å²) in [5.41, 5.74) is 2.01. The van der Waals surface area contributed by atoms with Crippen molar-refractivity contribution in [2.45, 2.75) is 6.54 Å². The van der Waals surface area contributed by atoms with Crippen LogP contribution < -0.4 is 5.32 Å². The first-order valence-corrected chi connectivity index (χ1v) is 7.55. The molecule has 1 N–H and O–H groups in total. The molecule has 1 aromatic heterocycles. The maximum absolute atomic E-state index is 13.2. The lowest BCUT2D eigenvalue weighted by molar-refractivity contribution is 0.628. The fourth-order valence-electron chi connectivity index (χ4n) is 1.99. The van der Waals surface area contributed by atoms with Gasteiger partial charge in [-0.05, 0) is 56.5 Å². The van der Waals surface area contributed by atoms with Gasteiger partial charge in [0.15, 0.2) is 0 Å². The Morgan fingerprint density at radius 1 is 1.16 bits per heavy atom.